The van der Waals surface area contributed by atoms with E-state index in [2.05, 4.69) is 5.32 Å². The molecule has 0 fully saturated rings. The fourth-order valence-electron chi connectivity index (χ4n) is 1.89. The topological polar surface area (TPSA) is 49.3 Å². The maximum atomic E-state index is 12.0. The number of thioether (sulfide) groups is 1. The Hall–Kier alpha value is -1.49. The molecule has 2 rings (SSSR count). The van der Waals surface area contributed by atoms with Gasteiger partial charge in [0, 0.05) is 27.6 Å². The molecule has 0 spiro atoms. The summed E-state index contributed by atoms with van der Waals surface area (Å²) in [5.74, 6) is -0.214. The summed E-state index contributed by atoms with van der Waals surface area (Å²) in [5.41, 5.74) is 1.18. The second-order valence-electron chi connectivity index (χ2n) is 4.48. The second-order valence-corrected chi connectivity index (χ2v) is 5.76. The smallest absolute Gasteiger partial charge is 0.251 e. The van der Waals surface area contributed by atoms with E-state index in [0.717, 1.165) is 4.90 Å². The van der Waals surface area contributed by atoms with Gasteiger partial charge in [0.1, 0.15) is 0 Å². The Morgan fingerprint density at radius 2 is 1.90 bits per heavy atom. The molecule has 1 atom stereocenters. The molecular formula is C16H16ClNO2S. The Morgan fingerprint density at radius 3 is 2.52 bits per heavy atom. The van der Waals surface area contributed by atoms with Crippen LogP contribution in [0.25, 0.3) is 0 Å². The quantitative estimate of drug-likeness (QED) is 0.828. The summed E-state index contributed by atoms with van der Waals surface area (Å²) < 4.78 is 0. The maximum Gasteiger partial charge on any atom is 0.251 e. The molecule has 0 bridgehead atoms. The van der Waals surface area contributed by atoms with Gasteiger partial charge in [-0.25, -0.2) is 0 Å². The van der Waals surface area contributed by atoms with Crippen molar-refractivity contribution in [1.29, 1.82) is 0 Å². The lowest BCUT2D eigenvalue weighted by atomic mass is 10.1. The van der Waals surface area contributed by atoms with Crippen LogP contribution in [0.15, 0.2) is 53.4 Å². The lowest BCUT2D eigenvalue weighted by Gasteiger charge is -2.13. The number of aliphatic hydroxyl groups excluding tert-OH is 1. The van der Waals surface area contributed by atoms with Gasteiger partial charge in [0.2, 0.25) is 0 Å². The zero-order valence-electron chi connectivity index (χ0n) is 11.5. The SMILES string of the molecule is CSc1ccc(C(=O)NCC(O)c2ccccc2Cl)cc1. The molecule has 0 aliphatic carbocycles. The van der Waals surface area contributed by atoms with Gasteiger partial charge in [0.15, 0.2) is 0 Å². The number of aliphatic hydroxyl groups is 1. The molecule has 0 saturated carbocycles. The molecule has 1 unspecified atom stereocenters. The predicted octanol–water partition coefficient (Wildman–Crippen LogP) is 3.53. The van der Waals surface area contributed by atoms with Crippen molar-refractivity contribution in [2.24, 2.45) is 0 Å². The normalized spacial score (nSPS) is 12.0. The van der Waals surface area contributed by atoms with Crippen molar-refractivity contribution < 1.29 is 9.90 Å². The van der Waals surface area contributed by atoms with Crippen molar-refractivity contribution in [1.82, 2.24) is 5.32 Å². The van der Waals surface area contributed by atoms with E-state index in [1.54, 1.807) is 48.2 Å². The summed E-state index contributed by atoms with van der Waals surface area (Å²) >= 11 is 7.63. The Balaban J connectivity index is 1.95. The van der Waals surface area contributed by atoms with Gasteiger partial charge in [-0.2, -0.15) is 0 Å². The molecule has 21 heavy (non-hydrogen) atoms. The number of nitrogens with one attached hydrogen (secondary N) is 1. The molecule has 1 amide bonds. The minimum absolute atomic E-state index is 0.118. The van der Waals surface area contributed by atoms with Crippen LogP contribution < -0.4 is 5.32 Å². The molecule has 3 nitrogen and oxygen atoms in total. The van der Waals surface area contributed by atoms with Crippen molar-refractivity contribution in [3.8, 4) is 0 Å². The van der Waals surface area contributed by atoms with Crippen LogP contribution in [0, 0.1) is 0 Å². The zero-order valence-corrected chi connectivity index (χ0v) is 13.1. The Labute approximate surface area is 133 Å². The fourth-order valence-corrected chi connectivity index (χ4v) is 2.56. The van der Waals surface area contributed by atoms with Gasteiger partial charge in [0.25, 0.3) is 5.91 Å². The van der Waals surface area contributed by atoms with Gasteiger partial charge in [-0.1, -0.05) is 29.8 Å². The highest BCUT2D eigenvalue weighted by Crippen LogP contribution is 2.22. The van der Waals surface area contributed by atoms with Gasteiger partial charge in [-0.05, 0) is 36.6 Å². The van der Waals surface area contributed by atoms with Gasteiger partial charge < -0.3 is 10.4 Å². The number of rotatable bonds is 5. The third-order valence-corrected chi connectivity index (χ3v) is 4.16. The number of hydrogen-bond acceptors (Lipinski definition) is 3. The largest absolute Gasteiger partial charge is 0.387 e. The third kappa shape index (κ3) is 4.24. The predicted molar refractivity (Wildman–Crippen MR) is 87.0 cm³/mol. The Morgan fingerprint density at radius 1 is 1.24 bits per heavy atom. The molecule has 2 aromatic rings. The van der Waals surface area contributed by atoms with Gasteiger partial charge in [-0.15, -0.1) is 11.8 Å². The molecule has 2 aromatic carbocycles. The summed E-state index contributed by atoms with van der Waals surface area (Å²) in [6.45, 7) is 0.118. The third-order valence-electron chi connectivity index (χ3n) is 3.07. The van der Waals surface area contributed by atoms with Crippen LogP contribution in [-0.2, 0) is 0 Å². The van der Waals surface area contributed by atoms with E-state index in [-0.39, 0.29) is 12.5 Å². The lowest BCUT2D eigenvalue weighted by molar-refractivity contribution is 0.0916. The summed E-state index contributed by atoms with van der Waals surface area (Å²) in [5, 5.41) is 13.3. The first-order valence-corrected chi connectivity index (χ1v) is 8.07. The average Bonchev–Trinajstić information content (AvgIpc) is 2.52. The van der Waals surface area contributed by atoms with Crippen LogP contribution >= 0.6 is 23.4 Å². The van der Waals surface area contributed by atoms with E-state index in [1.165, 1.54) is 0 Å². The standard InChI is InChI=1S/C16H16ClNO2S/c1-21-12-8-6-11(7-9-12)16(20)18-10-15(19)13-4-2-3-5-14(13)17/h2-9,15,19H,10H2,1H3,(H,18,20). The highest BCUT2D eigenvalue weighted by Gasteiger charge is 2.13. The zero-order chi connectivity index (χ0) is 15.2. The van der Waals surface area contributed by atoms with Crippen molar-refractivity contribution in [2.75, 3.05) is 12.8 Å². The molecule has 0 heterocycles. The summed E-state index contributed by atoms with van der Waals surface area (Å²) in [4.78, 5) is 13.1. The molecule has 110 valence electrons. The first-order chi connectivity index (χ1) is 10.1. The monoisotopic (exact) mass is 321 g/mol. The summed E-state index contributed by atoms with van der Waals surface area (Å²) in [7, 11) is 0. The highest BCUT2D eigenvalue weighted by molar-refractivity contribution is 7.98. The van der Waals surface area contributed by atoms with Gasteiger partial charge in [-0.3, -0.25) is 4.79 Å². The first kappa shape index (κ1) is 15.9. The van der Waals surface area contributed by atoms with Crippen LogP contribution in [0.5, 0.6) is 0 Å². The number of hydrogen-bond donors (Lipinski definition) is 2. The lowest BCUT2D eigenvalue weighted by Crippen LogP contribution is -2.28. The van der Waals surface area contributed by atoms with Crippen molar-refractivity contribution in [2.45, 2.75) is 11.0 Å². The van der Waals surface area contributed by atoms with Crippen LogP contribution in [-0.4, -0.2) is 23.8 Å². The highest BCUT2D eigenvalue weighted by atomic mass is 35.5. The molecular weight excluding hydrogens is 306 g/mol. The molecule has 0 aromatic heterocycles. The number of amides is 1. The van der Waals surface area contributed by atoms with Crippen LogP contribution in [0.3, 0.4) is 0 Å². The summed E-state index contributed by atoms with van der Waals surface area (Å²) in [6, 6.07) is 14.4. The molecule has 0 radical (unpaired) electrons. The molecule has 2 N–H and O–H groups in total. The summed E-state index contributed by atoms with van der Waals surface area (Å²) in [6.07, 6.45) is 1.16. The number of carbonyl (C=O) groups is 1. The van der Waals surface area contributed by atoms with Crippen LogP contribution in [0.1, 0.15) is 22.0 Å². The van der Waals surface area contributed by atoms with E-state index in [1.807, 2.05) is 18.4 Å². The van der Waals surface area contributed by atoms with Crippen molar-refractivity contribution in [3.05, 3.63) is 64.7 Å². The van der Waals surface area contributed by atoms with Gasteiger partial charge >= 0.3 is 0 Å². The van der Waals surface area contributed by atoms with Gasteiger partial charge in [0.05, 0.1) is 6.10 Å². The van der Waals surface area contributed by atoms with E-state index in [0.29, 0.717) is 16.1 Å². The van der Waals surface area contributed by atoms with Crippen LogP contribution in [0.4, 0.5) is 0 Å². The average molecular weight is 322 g/mol. The second kappa shape index (κ2) is 7.50. The van der Waals surface area contributed by atoms with E-state index >= 15 is 0 Å². The number of carbonyl (C=O) groups excluding carboxylic acids is 1. The number of halogens is 1. The van der Waals surface area contributed by atoms with E-state index < -0.39 is 6.10 Å². The Bertz CT molecular complexity index is 616. The van der Waals surface area contributed by atoms with Crippen molar-refractivity contribution in [3.63, 3.8) is 0 Å². The molecule has 0 aliphatic heterocycles. The molecule has 0 saturated heterocycles. The van der Waals surface area contributed by atoms with Crippen LogP contribution in [0.2, 0.25) is 5.02 Å². The van der Waals surface area contributed by atoms with E-state index in [4.69, 9.17) is 11.6 Å². The minimum Gasteiger partial charge on any atom is -0.387 e. The molecule has 5 heteroatoms. The number of benzene rings is 2. The van der Waals surface area contributed by atoms with Crippen molar-refractivity contribution >= 4 is 29.3 Å². The van der Waals surface area contributed by atoms with E-state index in [9.17, 15) is 9.90 Å². The molecule has 0 aliphatic rings. The minimum atomic E-state index is -0.826. The maximum absolute atomic E-state index is 12.0. The Kier molecular flexibility index (Phi) is 5.67. The fraction of sp³-hybridized carbons (Fsp3) is 0.188. The first-order valence-electron chi connectivity index (χ1n) is 6.46.